The van der Waals surface area contributed by atoms with Gasteiger partial charge in [0.05, 0.1) is 12.3 Å². The standard InChI is InChI=1S/C12H23N3O2S2/c1-3-6-13-7-5-8-19(16,17)15-10-12-14-9-11(4-2)18-12/h9,13,15H,3-8,10H2,1-2H3. The fourth-order valence-corrected chi connectivity index (χ4v) is 3.44. The summed E-state index contributed by atoms with van der Waals surface area (Å²) in [6.45, 7) is 6.13. The normalized spacial score (nSPS) is 11.9. The molecule has 0 saturated heterocycles. The number of aryl methyl sites for hydroxylation is 1. The van der Waals surface area contributed by atoms with Crippen molar-refractivity contribution in [3.8, 4) is 0 Å². The molecule has 0 radical (unpaired) electrons. The summed E-state index contributed by atoms with van der Waals surface area (Å²) in [5, 5.41) is 4.01. The summed E-state index contributed by atoms with van der Waals surface area (Å²) in [6, 6.07) is 0. The molecule has 0 bridgehead atoms. The van der Waals surface area contributed by atoms with E-state index in [2.05, 4.69) is 28.9 Å². The van der Waals surface area contributed by atoms with Crippen molar-refractivity contribution in [1.29, 1.82) is 0 Å². The van der Waals surface area contributed by atoms with Crippen LogP contribution in [0.1, 0.15) is 36.6 Å². The Morgan fingerprint density at radius 2 is 2.11 bits per heavy atom. The van der Waals surface area contributed by atoms with Crippen LogP contribution in [0.3, 0.4) is 0 Å². The van der Waals surface area contributed by atoms with Gasteiger partial charge in [0.15, 0.2) is 0 Å². The van der Waals surface area contributed by atoms with Crippen LogP contribution >= 0.6 is 11.3 Å². The third-order valence-corrected chi connectivity index (χ3v) is 5.14. The van der Waals surface area contributed by atoms with E-state index in [0.717, 1.165) is 30.9 Å². The second-order valence-electron chi connectivity index (χ2n) is 4.32. The number of aromatic nitrogens is 1. The van der Waals surface area contributed by atoms with E-state index >= 15 is 0 Å². The minimum atomic E-state index is -3.19. The van der Waals surface area contributed by atoms with E-state index in [1.165, 1.54) is 4.88 Å². The smallest absolute Gasteiger partial charge is 0.212 e. The molecule has 19 heavy (non-hydrogen) atoms. The topological polar surface area (TPSA) is 71.1 Å². The number of rotatable bonds is 10. The van der Waals surface area contributed by atoms with Crippen LogP contribution in [0.15, 0.2) is 6.20 Å². The van der Waals surface area contributed by atoms with E-state index in [1.807, 2.05) is 6.20 Å². The summed E-state index contributed by atoms with van der Waals surface area (Å²) < 4.78 is 26.1. The zero-order valence-corrected chi connectivity index (χ0v) is 13.2. The molecule has 0 unspecified atom stereocenters. The second-order valence-corrected chi connectivity index (χ2v) is 7.44. The first-order valence-electron chi connectivity index (χ1n) is 6.69. The Hall–Kier alpha value is -0.500. The monoisotopic (exact) mass is 305 g/mol. The number of hydrogen-bond donors (Lipinski definition) is 2. The van der Waals surface area contributed by atoms with Crippen LogP contribution < -0.4 is 10.0 Å². The Bertz CT molecular complexity index is 457. The van der Waals surface area contributed by atoms with Crippen molar-refractivity contribution in [3.05, 3.63) is 16.1 Å². The van der Waals surface area contributed by atoms with E-state index in [-0.39, 0.29) is 5.75 Å². The number of thiazole rings is 1. The van der Waals surface area contributed by atoms with E-state index in [4.69, 9.17) is 0 Å². The van der Waals surface area contributed by atoms with Gasteiger partial charge in [-0.15, -0.1) is 11.3 Å². The predicted octanol–water partition coefficient (Wildman–Crippen LogP) is 1.51. The molecule has 1 rings (SSSR count). The molecule has 0 saturated carbocycles. The summed E-state index contributed by atoms with van der Waals surface area (Å²) in [5.41, 5.74) is 0. The number of sulfonamides is 1. The maximum absolute atomic E-state index is 11.8. The summed E-state index contributed by atoms with van der Waals surface area (Å²) in [7, 11) is -3.19. The fourth-order valence-electron chi connectivity index (χ4n) is 1.53. The Morgan fingerprint density at radius 1 is 1.32 bits per heavy atom. The maximum atomic E-state index is 11.8. The van der Waals surface area contributed by atoms with Crippen molar-refractivity contribution in [2.75, 3.05) is 18.8 Å². The van der Waals surface area contributed by atoms with Crippen molar-refractivity contribution < 1.29 is 8.42 Å². The number of nitrogens with one attached hydrogen (secondary N) is 2. The first-order valence-corrected chi connectivity index (χ1v) is 9.16. The van der Waals surface area contributed by atoms with Crippen LogP contribution in [0.4, 0.5) is 0 Å². The molecule has 5 nitrogen and oxygen atoms in total. The highest BCUT2D eigenvalue weighted by Crippen LogP contribution is 2.13. The molecule has 1 aromatic rings. The average Bonchev–Trinajstić information content (AvgIpc) is 2.84. The quantitative estimate of drug-likeness (QED) is 0.643. The first kappa shape index (κ1) is 16.6. The van der Waals surface area contributed by atoms with Gasteiger partial charge in [0.2, 0.25) is 10.0 Å². The molecule has 7 heteroatoms. The molecule has 110 valence electrons. The average molecular weight is 305 g/mol. The molecule has 1 aromatic heterocycles. The van der Waals surface area contributed by atoms with Crippen LogP contribution in [0.2, 0.25) is 0 Å². The fraction of sp³-hybridized carbons (Fsp3) is 0.750. The van der Waals surface area contributed by atoms with Crippen molar-refractivity contribution >= 4 is 21.4 Å². The summed E-state index contributed by atoms with van der Waals surface area (Å²) >= 11 is 1.56. The molecule has 2 N–H and O–H groups in total. The molecular formula is C12H23N3O2S2. The molecular weight excluding hydrogens is 282 g/mol. The zero-order chi connectivity index (χ0) is 14.1. The van der Waals surface area contributed by atoms with Crippen LogP contribution in [-0.4, -0.2) is 32.2 Å². The third-order valence-electron chi connectivity index (χ3n) is 2.59. The Labute approximate surface area is 119 Å². The van der Waals surface area contributed by atoms with Gasteiger partial charge in [0.1, 0.15) is 5.01 Å². The molecule has 0 aliphatic rings. The Morgan fingerprint density at radius 3 is 2.74 bits per heavy atom. The van der Waals surface area contributed by atoms with Gasteiger partial charge < -0.3 is 5.32 Å². The van der Waals surface area contributed by atoms with Gasteiger partial charge in [-0.25, -0.2) is 18.1 Å². The number of hydrogen-bond acceptors (Lipinski definition) is 5. The molecule has 0 atom stereocenters. The van der Waals surface area contributed by atoms with Gasteiger partial charge >= 0.3 is 0 Å². The zero-order valence-electron chi connectivity index (χ0n) is 11.6. The highest BCUT2D eigenvalue weighted by molar-refractivity contribution is 7.89. The van der Waals surface area contributed by atoms with E-state index in [1.54, 1.807) is 11.3 Å². The van der Waals surface area contributed by atoms with Crippen LogP contribution in [-0.2, 0) is 23.0 Å². The Kier molecular flexibility index (Phi) is 7.52. The van der Waals surface area contributed by atoms with Crippen molar-refractivity contribution in [2.24, 2.45) is 0 Å². The molecule has 0 fully saturated rings. The van der Waals surface area contributed by atoms with E-state index < -0.39 is 10.0 Å². The van der Waals surface area contributed by atoms with E-state index in [0.29, 0.717) is 13.0 Å². The van der Waals surface area contributed by atoms with Gasteiger partial charge in [0, 0.05) is 11.1 Å². The van der Waals surface area contributed by atoms with Gasteiger partial charge in [-0.1, -0.05) is 13.8 Å². The van der Waals surface area contributed by atoms with Gasteiger partial charge in [0.25, 0.3) is 0 Å². The molecule has 0 amide bonds. The third kappa shape index (κ3) is 7.00. The highest BCUT2D eigenvalue weighted by Gasteiger charge is 2.10. The SMILES string of the molecule is CCCNCCCS(=O)(=O)NCc1ncc(CC)s1. The number of nitrogens with zero attached hydrogens (tertiary/aromatic N) is 1. The lowest BCUT2D eigenvalue weighted by Crippen LogP contribution is -2.28. The largest absolute Gasteiger partial charge is 0.317 e. The predicted molar refractivity (Wildman–Crippen MR) is 79.9 cm³/mol. The lowest BCUT2D eigenvalue weighted by Gasteiger charge is -2.05. The minimum Gasteiger partial charge on any atom is -0.317 e. The first-order chi connectivity index (χ1) is 9.07. The minimum absolute atomic E-state index is 0.162. The van der Waals surface area contributed by atoms with Gasteiger partial charge in [-0.05, 0) is 32.4 Å². The summed E-state index contributed by atoms with van der Waals surface area (Å²) in [4.78, 5) is 5.37. The lowest BCUT2D eigenvalue weighted by molar-refractivity contribution is 0.574. The highest BCUT2D eigenvalue weighted by atomic mass is 32.2. The molecule has 0 spiro atoms. The summed E-state index contributed by atoms with van der Waals surface area (Å²) in [6.07, 6.45) is 4.44. The molecule has 0 aliphatic carbocycles. The lowest BCUT2D eigenvalue weighted by atomic mass is 10.4. The molecule has 0 aromatic carbocycles. The van der Waals surface area contributed by atoms with Crippen molar-refractivity contribution in [2.45, 2.75) is 39.7 Å². The van der Waals surface area contributed by atoms with Crippen LogP contribution in [0, 0.1) is 0 Å². The Balaban J connectivity index is 2.26. The maximum Gasteiger partial charge on any atom is 0.212 e. The van der Waals surface area contributed by atoms with E-state index in [9.17, 15) is 8.42 Å². The van der Waals surface area contributed by atoms with Crippen molar-refractivity contribution in [3.63, 3.8) is 0 Å². The van der Waals surface area contributed by atoms with Gasteiger partial charge in [-0.3, -0.25) is 0 Å². The van der Waals surface area contributed by atoms with Crippen LogP contribution in [0.25, 0.3) is 0 Å². The summed E-state index contributed by atoms with van der Waals surface area (Å²) in [5.74, 6) is 0.162. The van der Waals surface area contributed by atoms with Gasteiger partial charge in [-0.2, -0.15) is 0 Å². The van der Waals surface area contributed by atoms with Crippen LogP contribution in [0.5, 0.6) is 0 Å². The molecule has 0 aliphatic heterocycles. The molecule has 1 heterocycles. The van der Waals surface area contributed by atoms with Crippen molar-refractivity contribution in [1.82, 2.24) is 15.0 Å². The second kappa shape index (κ2) is 8.63.